The zero-order valence-electron chi connectivity index (χ0n) is 48.9. The lowest BCUT2D eigenvalue weighted by atomic mass is 10.1. The Labute approximate surface area is 519 Å². The van der Waals surface area contributed by atoms with Gasteiger partial charge in [0.15, 0.2) is 16.1 Å². The van der Waals surface area contributed by atoms with Gasteiger partial charge in [-0.3, -0.25) is 0 Å². The van der Waals surface area contributed by atoms with E-state index in [9.17, 15) is 0 Å². The summed E-state index contributed by atoms with van der Waals surface area (Å²) in [5.74, 6) is 0. The van der Waals surface area contributed by atoms with Crippen LogP contribution in [-0.4, -0.2) is 29.8 Å². The van der Waals surface area contributed by atoms with Crippen molar-refractivity contribution in [1.29, 1.82) is 0 Å². The summed E-state index contributed by atoms with van der Waals surface area (Å²) in [7, 11) is -6.24. The molecule has 0 aliphatic carbocycles. The zero-order valence-corrected chi connectivity index (χ0v) is 50.9. The predicted octanol–water partition coefficient (Wildman–Crippen LogP) is 15.4. The van der Waals surface area contributed by atoms with Gasteiger partial charge in [0, 0.05) is 43.7 Å². The number of benzene rings is 14. The molecular weight excluding hydrogens is 1110 g/mol. The number of hydrogen-bond acceptors (Lipinski definition) is 0. The average Bonchev–Trinajstić information content (AvgIpc) is 1.72. The molecule has 3 aromatic heterocycles. The van der Waals surface area contributed by atoms with E-state index in [0.717, 1.165) is 28.1 Å². The minimum Gasteiger partial charge on any atom is -0.309 e. The Kier molecular flexibility index (Phi) is 12.6. The average molecular weight is 1170 g/mol. The molecule has 0 atom stereocenters. The van der Waals surface area contributed by atoms with E-state index in [1.54, 1.807) is 0 Å². The smallest absolute Gasteiger partial charge is 0.180 e. The van der Waals surface area contributed by atoms with E-state index >= 15 is 0 Å². The summed E-state index contributed by atoms with van der Waals surface area (Å²) >= 11 is 0. The van der Waals surface area contributed by atoms with Gasteiger partial charge in [0.05, 0.1) is 38.8 Å². The van der Waals surface area contributed by atoms with Gasteiger partial charge in [-0.05, 0) is 119 Å². The highest BCUT2D eigenvalue weighted by Crippen LogP contribution is 2.41. The van der Waals surface area contributed by atoms with Gasteiger partial charge in [-0.2, -0.15) is 0 Å². The lowest BCUT2D eigenvalue weighted by molar-refractivity contribution is 1.17. The second-order valence-corrected chi connectivity index (χ2v) is 31.0. The molecule has 3 heterocycles. The van der Waals surface area contributed by atoms with Crippen molar-refractivity contribution in [3.63, 3.8) is 0 Å². The number of hydrogen-bond donors (Lipinski definition) is 0. The fourth-order valence-electron chi connectivity index (χ4n) is 15.3. The van der Waals surface area contributed by atoms with Crippen LogP contribution in [0.2, 0.25) is 0 Å². The van der Waals surface area contributed by atoms with Crippen molar-refractivity contribution in [3.05, 3.63) is 358 Å². The minimum absolute atomic E-state index is 1.13. The van der Waals surface area contributed by atoms with Crippen LogP contribution in [0.3, 0.4) is 0 Å². The van der Waals surface area contributed by atoms with Crippen molar-refractivity contribution in [3.8, 4) is 28.2 Å². The molecule has 0 aliphatic heterocycles. The molecule has 0 N–H and O–H groups in total. The molecule has 0 saturated carbocycles. The van der Waals surface area contributed by atoms with E-state index < -0.39 is 16.1 Å². The minimum atomic E-state index is -3.23. The second kappa shape index (κ2) is 21.4. The van der Waals surface area contributed by atoms with Crippen LogP contribution in [0.25, 0.3) is 93.6 Å². The Bertz CT molecular complexity index is 5360. The van der Waals surface area contributed by atoms with Crippen LogP contribution in [0.4, 0.5) is 0 Å². The van der Waals surface area contributed by atoms with Crippen LogP contribution in [0.15, 0.2) is 358 Å². The first-order chi connectivity index (χ1) is 44.2. The highest BCUT2D eigenvalue weighted by molar-refractivity contribution is 7.21. The van der Waals surface area contributed by atoms with E-state index in [0.29, 0.717) is 0 Å². The van der Waals surface area contributed by atoms with Crippen molar-refractivity contribution < 1.29 is 0 Å². The molecule has 89 heavy (non-hydrogen) atoms. The highest BCUT2D eigenvalue weighted by atomic mass is 28.3. The molecule has 5 heteroatoms. The highest BCUT2D eigenvalue weighted by Gasteiger charge is 2.45. The number of para-hydroxylation sites is 4. The molecule has 0 radical (unpaired) electrons. The summed E-state index contributed by atoms with van der Waals surface area (Å²) in [5.41, 5.74) is 12.9. The molecule has 0 amide bonds. The molecule has 0 unspecified atom stereocenters. The summed E-state index contributed by atoms with van der Waals surface area (Å²) < 4.78 is 7.58. The van der Waals surface area contributed by atoms with Gasteiger partial charge in [-0.15, -0.1) is 0 Å². The molecule has 17 rings (SSSR count). The van der Waals surface area contributed by atoms with E-state index in [4.69, 9.17) is 0 Å². The van der Waals surface area contributed by atoms with E-state index in [-0.39, 0.29) is 0 Å². The number of nitrogens with zero attached hydrogens (tertiary/aromatic N) is 3. The summed E-state index contributed by atoms with van der Waals surface area (Å²) in [6.45, 7) is 0. The van der Waals surface area contributed by atoms with Crippen molar-refractivity contribution >= 4 is 123 Å². The molecule has 17 aromatic rings. The van der Waals surface area contributed by atoms with Crippen molar-refractivity contribution in [2.75, 3.05) is 0 Å². The first-order valence-electron chi connectivity index (χ1n) is 30.8. The maximum atomic E-state index is 2.58. The maximum absolute atomic E-state index is 3.23. The first-order valence-corrected chi connectivity index (χ1v) is 34.8. The maximum Gasteiger partial charge on any atom is 0.180 e. The number of fused-ring (bicyclic) bond motifs is 9. The molecule has 0 spiro atoms. The van der Waals surface area contributed by atoms with Gasteiger partial charge in [-0.1, -0.05) is 291 Å². The van der Waals surface area contributed by atoms with E-state index in [1.807, 2.05) is 0 Å². The Hall–Kier alpha value is -11.1. The van der Waals surface area contributed by atoms with Crippen LogP contribution in [0, 0.1) is 0 Å². The second-order valence-electron chi connectivity index (χ2n) is 23.5. The summed E-state index contributed by atoms with van der Waals surface area (Å²) in [6.07, 6.45) is 0. The van der Waals surface area contributed by atoms with E-state index in [1.165, 1.54) is 107 Å². The number of aromatic nitrogens is 3. The van der Waals surface area contributed by atoms with Crippen LogP contribution in [0.1, 0.15) is 0 Å². The van der Waals surface area contributed by atoms with Crippen LogP contribution < -0.4 is 41.5 Å². The first kappa shape index (κ1) is 52.3. The molecule has 3 nitrogen and oxygen atoms in total. The monoisotopic (exact) mass is 1170 g/mol. The Morgan fingerprint density at radius 2 is 0.517 bits per heavy atom. The molecule has 0 bridgehead atoms. The van der Waals surface area contributed by atoms with Crippen molar-refractivity contribution in [2.45, 2.75) is 0 Å². The molecule has 14 aromatic carbocycles. The molecule has 418 valence electrons. The van der Waals surface area contributed by atoms with Gasteiger partial charge in [-0.25, -0.2) is 0 Å². The largest absolute Gasteiger partial charge is 0.309 e. The number of rotatable bonds is 12. The fourth-order valence-corrected chi connectivity index (χ4v) is 25.1. The Balaban J connectivity index is 0.912. The lowest BCUT2D eigenvalue weighted by Crippen LogP contribution is -2.74. The standard InChI is InChI=1S/C84H59N3Si2/c1-6-29-60(30-7-1)61-31-24-42-68(57-61)88(64-34-8-2-9-35-64,65-36-10-3-11-37-65)69-43-25-33-63(58-69)86-77-51-22-18-47-73(77)83-79(86)53-27-54-80(83)87-78-52-23-19-48-74(78)84-81(87)55-28-56-82(84)89(66-38-12-4-13-39-66,67-40-14-5-15-41-67)70-44-26-32-62(59-70)85-75-49-20-16-45-71(75)72-46-17-21-50-76(72)85/h1-59H. The third-order valence-corrected chi connectivity index (χ3v) is 28.5. The predicted molar refractivity (Wildman–Crippen MR) is 382 cm³/mol. The fraction of sp³-hybridized carbons (Fsp3) is 0. The van der Waals surface area contributed by atoms with Crippen LogP contribution in [0.5, 0.6) is 0 Å². The van der Waals surface area contributed by atoms with Gasteiger partial charge in [0.2, 0.25) is 0 Å². The van der Waals surface area contributed by atoms with Gasteiger partial charge >= 0.3 is 0 Å². The SMILES string of the molecule is c1ccc(-c2cccc([Si](c3ccccc3)(c3ccccc3)c3cccc(-n4c5ccccc5c5c(-n6c7ccccc7c7c([Si](c8ccccc8)(c8ccccc8)c8cccc(-n9c%10ccccc%10c%10ccccc%109)c8)cccc76)cccc54)c3)c2)cc1. The van der Waals surface area contributed by atoms with Gasteiger partial charge in [0.25, 0.3) is 0 Å². The van der Waals surface area contributed by atoms with Crippen molar-refractivity contribution in [2.24, 2.45) is 0 Å². The molecule has 0 saturated heterocycles. The third-order valence-electron chi connectivity index (χ3n) is 18.9. The normalized spacial score (nSPS) is 12.0. The molecule has 0 aliphatic rings. The van der Waals surface area contributed by atoms with Crippen molar-refractivity contribution in [1.82, 2.24) is 13.7 Å². The van der Waals surface area contributed by atoms with Gasteiger partial charge < -0.3 is 13.7 Å². The van der Waals surface area contributed by atoms with Crippen LogP contribution >= 0.6 is 0 Å². The van der Waals surface area contributed by atoms with E-state index in [2.05, 4.69) is 372 Å². The topological polar surface area (TPSA) is 14.8 Å². The molecule has 0 fully saturated rings. The summed E-state index contributed by atoms with van der Waals surface area (Å²) in [4.78, 5) is 0. The summed E-state index contributed by atoms with van der Waals surface area (Å²) in [6, 6.07) is 135. The summed E-state index contributed by atoms with van der Waals surface area (Å²) in [5, 5.41) is 18.1. The Morgan fingerprint density at radius 1 is 0.191 bits per heavy atom. The quantitative estimate of drug-likeness (QED) is 0.0855. The van der Waals surface area contributed by atoms with Crippen LogP contribution in [-0.2, 0) is 0 Å². The zero-order chi connectivity index (χ0) is 58.9. The Morgan fingerprint density at radius 3 is 1.04 bits per heavy atom. The molecular formula is C84H59N3Si2. The third kappa shape index (κ3) is 8.10. The lowest BCUT2D eigenvalue weighted by Gasteiger charge is -2.35. The van der Waals surface area contributed by atoms with Gasteiger partial charge in [0.1, 0.15) is 0 Å².